The highest BCUT2D eigenvalue weighted by Gasteiger charge is 2.60. The summed E-state index contributed by atoms with van der Waals surface area (Å²) < 4.78 is 0. The molecule has 1 heteroatoms. The van der Waals surface area contributed by atoms with E-state index in [0.29, 0.717) is 11.3 Å². The second-order valence-corrected chi connectivity index (χ2v) is 5.05. The Morgan fingerprint density at radius 3 is 2.27 bits per heavy atom. The van der Waals surface area contributed by atoms with Crippen molar-refractivity contribution in [3.63, 3.8) is 0 Å². The summed E-state index contributed by atoms with van der Waals surface area (Å²) in [5, 5.41) is 9.61. The Bertz CT molecular complexity index is 156. The second-order valence-electron chi connectivity index (χ2n) is 5.05. The standard InChI is InChI=1S/C10H18O/c1-6-4-7-8(5-9(6)11)10(7,2)3/h6-9,11H,4-5H2,1-3H3/t6-,7?,8?,9-/m1/s1. The van der Waals surface area contributed by atoms with Crippen LogP contribution in [0.1, 0.15) is 33.6 Å². The maximum Gasteiger partial charge on any atom is 0.0568 e. The predicted octanol–water partition coefficient (Wildman–Crippen LogP) is 2.05. The van der Waals surface area contributed by atoms with Gasteiger partial charge in [0.05, 0.1) is 6.10 Å². The van der Waals surface area contributed by atoms with E-state index in [2.05, 4.69) is 20.8 Å². The van der Waals surface area contributed by atoms with E-state index in [0.717, 1.165) is 18.3 Å². The first kappa shape index (κ1) is 7.60. The highest BCUT2D eigenvalue weighted by molar-refractivity contribution is 5.08. The van der Waals surface area contributed by atoms with Gasteiger partial charge < -0.3 is 5.11 Å². The Kier molecular flexibility index (Phi) is 1.39. The van der Waals surface area contributed by atoms with Gasteiger partial charge in [-0.3, -0.25) is 0 Å². The normalized spacial score (nSPS) is 53.5. The lowest BCUT2D eigenvalue weighted by molar-refractivity contribution is 0.0745. The fourth-order valence-corrected chi connectivity index (χ4v) is 2.84. The maximum absolute atomic E-state index is 9.61. The van der Waals surface area contributed by atoms with Crippen molar-refractivity contribution in [1.82, 2.24) is 0 Å². The molecule has 0 heterocycles. The van der Waals surface area contributed by atoms with Crippen molar-refractivity contribution in [2.24, 2.45) is 23.2 Å². The van der Waals surface area contributed by atoms with E-state index in [4.69, 9.17) is 0 Å². The Hall–Kier alpha value is -0.0400. The molecule has 4 atom stereocenters. The fraction of sp³-hybridized carbons (Fsp3) is 1.00. The van der Waals surface area contributed by atoms with Crippen molar-refractivity contribution in [3.05, 3.63) is 0 Å². The van der Waals surface area contributed by atoms with Crippen molar-refractivity contribution in [2.75, 3.05) is 0 Å². The zero-order chi connectivity index (χ0) is 8.22. The van der Waals surface area contributed by atoms with E-state index in [9.17, 15) is 5.11 Å². The summed E-state index contributed by atoms with van der Waals surface area (Å²) in [6, 6.07) is 0. The van der Waals surface area contributed by atoms with Crippen molar-refractivity contribution < 1.29 is 5.11 Å². The van der Waals surface area contributed by atoms with E-state index >= 15 is 0 Å². The van der Waals surface area contributed by atoms with Crippen LogP contribution in [0.15, 0.2) is 0 Å². The van der Waals surface area contributed by atoms with Crippen LogP contribution in [0.3, 0.4) is 0 Å². The Morgan fingerprint density at radius 2 is 1.73 bits per heavy atom. The first-order chi connectivity index (χ1) is 5.03. The van der Waals surface area contributed by atoms with Crippen LogP contribution in [0.2, 0.25) is 0 Å². The number of aliphatic hydroxyl groups is 1. The predicted molar refractivity (Wildman–Crippen MR) is 45.2 cm³/mol. The number of hydrogen-bond acceptors (Lipinski definition) is 1. The molecule has 1 nitrogen and oxygen atoms in total. The van der Waals surface area contributed by atoms with Crippen molar-refractivity contribution in [2.45, 2.75) is 39.7 Å². The average Bonchev–Trinajstić information content (AvgIpc) is 2.39. The van der Waals surface area contributed by atoms with Gasteiger partial charge in [0.25, 0.3) is 0 Å². The Balaban J connectivity index is 2.07. The molecule has 0 radical (unpaired) electrons. The molecule has 2 unspecified atom stereocenters. The lowest BCUT2D eigenvalue weighted by Crippen LogP contribution is -2.22. The molecule has 0 aromatic carbocycles. The topological polar surface area (TPSA) is 20.2 Å². The zero-order valence-corrected chi connectivity index (χ0v) is 7.67. The van der Waals surface area contributed by atoms with E-state index in [1.165, 1.54) is 6.42 Å². The van der Waals surface area contributed by atoms with E-state index < -0.39 is 0 Å². The van der Waals surface area contributed by atoms with Crippen LogP contribution in [-0.2, 0) is 0 Å². The summed E-state index contributed by atoms with van der Waals surface area (Å²) in [7, 11) is 0. The molecule has 0 aromatic rings. The first-order valence-electron chi connectivity index (χ1n) is 4.71. The molecule has 0 amide bonds. The number of hydrogen-bond donors (Lipinski definition) is 1. The minimum absolute atomic E-state index is 0.0157. The molecular weight excluding hydrogens is 136 g/mol. The molecule has 0 saturated heterocycles. The Labute approximate surface area is 68.8 Å². The molecule has 0 bridgehead atoms. The molecule has 0 aliphatic heterocycles. The van der Waals surface area contributed by atoms with E-state index in [1.54, 1.807) is 0 Å². The van der Waals surface area contributed by atoms with E-state index in [1.807, 2.05) is 0 Å². The van der Waals surface area contributed by atoms with Gasteiger partial charge in [-0.15, -0.1) is 0 Å². The molecule has 2 fully saturated rings. The van der Waals surface area contributed by atoms with Crippen LogP contribution in [-0.4, -0.2) is 11.2 Å². The molecule has 2 aliphatic rings. The zero-order valence-electron chi connectivity index (χ0n) is 7.67. The molecule has 11 heavy (non-hydrogen) atoms. The third kappa shape index (κ3) is 0.936. The summed E-state index contributed by atoms with van der Waals surface area (Å²) >= 11 is 0. The summed E-state index contributed by atoms with van der Waals surface area (Å²) in [5.41, 5.74) is 0.547. The molecule has 0 spiro atoms. The molecular formula is C10H18O. The number of aliphatic hydroxyl groups excluding tert-OH is 1. The van der Waals surface area contributed by atoms with Crippen molar-refractivity contribution in [3.8, 4) is 0 Å². The third-order valence-electron chi connectivity index (χ3n) is 4.07. The number of fused-ring (bicyclic) bond motifs is 1. The molecule has 0 aromatic heterocycles. The summed E-state index contributed by atoms with van der Waals surface area (Å²) in [5.74, 6) is 2.28. The highest BCUT2D eigenvalue weighted by Crippen LogP contribution is 2.65. The monoisotopic (exact) mass is 154 g/mol. The highest BCUT2D eigenvalue weighted by atomic mass is 16.3. The van der Waals surface area contributed by atoms with Crippen LogP contribution in [0.5, 0.6) is 0 Å². The van der Waals surface area contributed by atoms with Gasteiger partial charge in [0.1, 0.15) is 0 Å². The van der Waals surface area contributed by atoms with Crippen molar-refractivity contribution in [1.29, 1.82) is 0 Å². The molecule has 2 aliphatic carbocycles. The van der Waals surface area contributed by atoms with Gasteiger partial charge in [-0.25, -0.2) is 0 Å². The van der Waals surface area contributed by atoms with Gasteiger partial charge in [-0.05, 0) is 36.0 Å². The molecule has 1 N–H and O–H groups in total. The summed E-state index contributed by atoms with van der Waals surface area (Å²) in [4.78, 5) is 0. The lowest BCUT2D eigenvalue weighted by Gasteiger charge is -2.22. The minimum Gasteiger partial charge on any atom is -0.393 e. The van der Waals surface area contributed by atoms with Crippen LogP contribution in [0.25, 0.3) is 0 Å². The van der Waals surface area contributed by atoms with Crippen LogP contribution in [0.4, 0.5) is 0 Å². The van der Waals surface area contributed by atoms with Gasteiger partial charge in [0, 0.05) is 0 Å². The van der Waals surface area contributed by atoms with Gasteiger partial charge in [0.15, 0.2) is 0 Å². The second kappa shape index (κ2) is 2.01. The smallest absolute Gasteiger partial charge is 0.0568 e. The Morgan fingerprint density at radius 1 is 1.18 bits per heavy atom. The fourth-order valence-electron chi connectivity index (χ4n) is 2.84. The van der Waals surface area contributed by atoms with Crippen molar-refractivity contribution >= 4 is 0 Å². The van der Waals surface area contributed by atoms with Gasteiger partial charge in [-0.2, -0.15) is 0 Å². The van der Waals surface area contributed by atoms with E-state index in [-0.39, 0.29) is 6.10 Å². The largest absolute Gasteiger partial charge is 0.393 e. The lowest BCUT2D eigenvalue weighted by atomic mass is 9.88. The molecule has 2 rings (SSSR count). The minimum atomic E-state index is -0.0157. The molecule has 2 saturated carbocycles. The van der Waals surface area contributed by atoms with Gasteiger partial charge >= 0.3 is 0 Å². The summed E-state index contributed by atoms with van der Waals surface area (Å²) in [6.45, 7) is 6.86. The summed E-state index contributed by atoms with van der Waals surface area (Å²) in [6.07, 6.45) is 2.29. The van der Waals surface area contributed by atoms with Gasteiger partial charge in [-0.1, -0.05) is 20.8 Å². The van der Waals surface area contributed by atoms with Crippen LogP contribution >= 0.6 is 0 Å². The van der Waals surface area contributed by atoms with Crippen LogP contribution < -0.4 is 0 Å². The maximum atomic E-state index is 9.61. The average molecular weight is 154 g/mol. The third-order valence-corrected chi connectivity index (χ3v) is 4.07. The SMILES string of the molecule is C[C@@H]1CC2C(C[C@H]1O)C2(C)C. The van der Waals surface area contributed by atoms with Gasteiger partial charge in [0.2, 0.25) is 0 Å². The van der Waals surface area contributed by atoms with Crippen LogP contribution in [0, 0.1) is 23.2 Å². The quantitative estimate of drug-likeness (QED) is 0.566. The first-order valence-corrected chi connectivity index (χ1v) is 4.71. The number of rotatable bonds is 0. The molecule has 64 valence electrons.